The maximum atomic E-state index is 10.7. The highest BCUT2D eigenvalue weighted by Crippen LogP contribution is 2.25. The fraction of sp³-hybridized carbons (Fsp3) is 0.750. The number of aliphatic hydroxyl groups excluding tert-OH is 3. The van der Waals surface area contributed by atoms with Gasteiger partial charge in [0.25, 0.3) is 0 Å². The summed E-state index contributed by atoms with van der Waals surface area (Å²) in [7, 11) is -5.33. The van der Waals surface area contributed by atoms with Gasteiger partial charge in [-0.3, -0.25) is 4.79 Å². The van der Waals surface area contributed by atoms with Crippen LogP contribution in [-0.2, 0) is 18.7 Å². The fourth-order valence-corrected chi connectivity index (χ4v) is 1.48. The molecule has 0 unspecified atom stereocenters. The first kappa shape index (κ1) is 18.1. The Hall–Kier alpha value is -0.870. The molecule has 0 aromatic heterocycles. The Kier molecular flexibility index (Phi) is 7.30. The molecular weight excluding hydrogens is 285 g/mol. The number of phosphoric acid groups is 1. The average molecular weight is 299 g/mol. The van der Waals surface area contributed by atoms with E-state index in [1.807, 2.05) is 5.32 Å². The van der Waals surface area contributed by atoms with E-state index in [1.54, 1.807) is 0 Å². The molecule has 19 heavy (non-hydrogen) atoms. The van der Waals surface area contributed by atoms with Crippen molar-refractivity contribution in [2.45, 2.75) is 31.3 Å². The van der Waals surface area contributed by atoms with Crippen LogP contribution in [0.25, 0.3) is 0 Å². The van der Waals surface area contributed by atoms with E-state index in [0.717, 1.165) is 6.92 Å². The third-order valence-electron chi connectivity index (χ3n) is 2.03. The molecule has 112 valence electrons. The Bertz CT molecular complexity index is 356. The van der Waals surface area contributed by atoms with E-state index in [4.69, 9.17) is 0 Å². The van der Waals surface area contributed by atoms with Gasteiger partial charge in [-0.1, -0.05) is 0 Å². The summed E-state index contributed by atoms with van der Waals surface area (Å²) in [6.45, 7) is -0.0333. The van der Waals surface area contributed by atoms with Crippen LogP contribution >= 0.6 is 7.82 Å². The second kappa shape index (κ2) is 7.65. The Morgan fingerprint density at radius 1 is 1.37 bits per heavy atom. The van der Waals surface area contributed by atoms with Crippen molar-refractivity contribution < 1.29 is 43.8 Å². The molecule has 0 aromatic carbocycles. The van der Waals surface area contributed by atoms with Crippen LogP contribution < -0.4 is 15.1 Å². The molecule has 0 aliphatic heterocycles. The van der Waals surface area contributed by atoms with Gasteiger partial charge < -0.3 is 44.3 Å². The first-order chi connectivity index (χ1) is 8.58. The van der Waals surface area contributed by atoms with E-state index in [-0.39, 0.29) is 6.29 Å². The molecule has 4 N–H and O–H groups in total. The van der Waals surface area contributed by atoms with Crippen LogP contribution in [0.15, 0.2) is 0 Å². The van der Waals surface area contributed by atoms with Crippen molar-refractivity contribution >= 4 is 20.0 Å². The Balaban J connectivity index is 4.51. The van der Waals surface area contributed by atoms with E-state index in [2.05, 4.69) is 4.52 Å². The van der Waals surface area contributed by atoms with Gasteiger partial charge in [-0.25, -0.2) is 0 Å². The van der Waals surface area contributed by atoms with E-state index >= 15 is 0 Å². The van der Waals surface area contributed by atoms with Crippen LogP contribution in [0, 0.1) is 0 Å². The number of aldehydes is 1. The largest absolute Gasteiger partial charge is 0.790 e. The first-order valence-corrected chi connectivity index (χ1v) is 6.47. The standard InChI is InChI=1S/C8H16NO9P/c1-4(11)9-5(2-10)7(13)8(14)6(12)3-18-19(15,16)17/h2,5-8,12-14H,3H2,1H3,(H,9,11)(H2,15,16,17)/p-2/t5-,6+,7+,8+/m0/s1. The monoisotopic (exact) mass is 299 g/mol. The molecule has 0 fully saturated rings. The zero-order valence-electron chi connectivity index (χ0n) is 9.83. The van der Waals surface area contributed by atoms with Gasteiger partial charge in [-0.05, 0) is 0 Å². The Morgan fingerprint density at radius 2 is 1.89 bits per heavy atom. The van der Waals surface area contributed by atoms with Crippen molar-refractivity contribution in [2.75, 3.05) is 6.61 Å². The quantitative estimate of drug-likeness (QED) is 0.254. The number of carbonyl (C=O) groups is 2. The fourth-order valence-electron chi connectivity index (χ4n) is 1.14. The summed E-state index contributed by atoms with van der Waals surface area (Å²) in [6.07, 6.45) is -5.73. The van der Waals surface area contributed by atoms with Crippen molar-refractivity contribution in [2.24, 2.45) is 0 Å². The van der Waals surface area contributed by atoms with Gasteiger partial charge in [0.05, 0.1) is 14.4 Å². The molecule has 0 saturated carbocycles. The maximum Gasteiger partial charge on any atom is 0.217 e. The minimum absolute atomic E-state index is 0.120. The van der Waals surface area contributed by atoms with E-state index < -0.39 is 44.7 Å². The van der Waals surface area contributed by atoms with Crippen molar-refractivity contribution in [3.05, 3.63) is 0 Å². The lowest BCUT2D eigenvalue weighted by atomic mass is 10.0. The predicted molar refractivity (Wildman–Crippen MR) is 55.2 cm³/mol. The number of hydrogen-bond acceptors (Lipinski definition) is 9. The van der Waals surface area contributed by atoms with Crippen molar-refractivity contribution in [1.82, 2.24) is 5.32 Å². The molecule has 0 heterocycles. The van der Waals surface area contributed by atoms with Crippen LogP contribution in [0.1, 0.15) is 6.92 Å². The van der Waals surface area contributed by atoms with Crippen LogP contribution in [0.3, 0.4) is 0 Å². The van der Waals surface area contributed by atoms with Gasteiger partial charge in [0, 0.05) is 6.92 Å². The maximum absolute atomic E-state index is 10.7. The molecule has 10 nitrogen and oxygen atoms in total. The summed E-state index contributed by atoms with van der Waals surface area (Å²) >= 11 is 0. The van der Waals surface area contributed by atoms with Gasteiger partial charge in [0.2, 0.25) is 5.91 Å². The summed E-state index contributed by atoms with van der Waals surface area (Å²) in [5.41, 5.74) is 0. The summed E-state index contributed by atoms with van der Waals surface area (Å²) in [4.78, 5) is 41.6. The molecule has 0 saturated heterocycles. The summed E-state index contributed by atoms with van der Waals surface area (Å²) in [5.74, 6) is -0.669. The third kappa shape index (κ3) is 7.33. The first-order valence-electron chi connectivity index (χ1n) is 5.01. The van der Waals surface area contributed by atoms with Gasteiger partial charge in [0.15, 0.2) is 0 Å². The highest BCUT2D eigenvalue weighted by Gasteiger charge is 2.32. The normalized spacial score (nSPS) is 18.2. The van der Waals surface area contributed by atoms with E-state index in [0.29, 0.717) is 0 Å². The molecule has 0 bridgehead atoms. The average Bonchev–Trinajstić information content (AvgIpc) is 2.29. The zero-order valence-corrected chi connectivity index (χ0v) is 10.7. The van der Waals surface area contributed by atoms with Crippen LogP contribution in [0.2, 0.25) is 0 Å². The van der Waals surface area contributed by atoms with E-state index in [1.165, 1.54) is 0 Å². The van der Waals surface area contributed by atoms with E-state index in [9.17, 15) is 39.3 Å². The Morgan fingerprint density at radius 3 is 2.26 bits per heavy atom. The lowest BCUT2D eigenvalue weighted by Gasteiger charge is -2.32. The molecule has 11 heteroatoms. The molecule has 0 aliphatic rings. The third-order valence-corrected chi connectivity index (χ3v) is 2.50. The summed E-state index contributed by atoms with van der Waals surface area (Å²) in [5, 5.41) is 30.2. The lowest BCUT2D eigenvalue weighted by Crippen LogP contribution is -2.53. The topological polar surface area (TPSA) is 179 Å². The summed E-state index contributed by atoms with van der Waals surface area (Å²) in [6, 6.07) is -1.51. The second-order valence-corrected chi connectivity index (χ2v) is 4.81. The van der Waals surface area contributed by atoms with Crippen molar-refractivity contribution in [3.63, 3.8) is 0 Å². The number of carbonyl (C=O) groups excluding carboxylic acids is 2. The second-order valence-electron chi connectivity index (χ2n) is 3.65. The van der Waals surface area contributed by atoms with Crippen molar-refractivity contribution in [3.8, 4) is 0 Å². The minimum atomic E-state index is -5.33. The van der Waals surface area contributed by atoms with Crippen LogP contribution in [0.4, 0.5) is 0 Å². The van der Waals surface area contributed by atoms with Gasteiger partial charge in [-0.15, -0.1) is 0 Å². The molecule has 0 spiro atoms. The number of nitrogens with one attached hydrogen (secondary N) is 1. The molecule has 4 atom stereocenters. The lowest BCUT2D eigenvalue weighted by molar-refractivity contribution is -0.343. The number of aliphatic hydroxyl groups is 3. The predicted octanol–water partition coefficient (Wildman–Crippen LogP) is -4.38. The summed E-state index contributed by atoms with van der Waals surface area (Å²) < 4.78 is 13.8. The SMILES string of the molecule is CC(=O)N[C@@H](C=O)[C@@H](O)[C@H](O)[C@H](O)COP(=O)([O-])[O-]. The number of phosphoric ester groups is 1. The molecule has 0 aromatic rings. The zero-order chi connectivity index (χ0) is 15.2. The molecule has 1 amide bonds. The van der Waals surface area contributed by atoms with Gasteiger partial charge in [0.1, 0.15) is 30.6 Å². The van der Waals surface area contributed by atoms with Gasteiger partial charge in [-0.2, -0.15) is 0 Å². The van der Waals surface area contributed by atoms with Gasteiger partial charge >= 0.3 is 0 Å². The van der Waals surface area contributed by atoms with Crippen LogP contribution in [-0.4, -0.2) is 58.5 Å². The molecule has 0 aliphatic carbocycles. The van der Waals surface area contributed by atoms with Crippen molar-refractivity contribution in [1.29, 1.82) is 0 Å². The number of amides is 1. The highest BCUT2D eigenvalue weighted by atomic mass is 31.2. The van der Waals surface area contributed by atoms with Crippen LogP contribution in [0.5, 0.6) is 0 Å². The molecule has 0 radical (unpaired) electrons. The minimum Gasteiger partial charge on any atom is -0.790 e. The highest BCUT2D eigenvalue weighted by molar-refractivity contribution is 7.43. The molecular formula is C8H14NO9P-2. The number of hydrogen-bond donors (Lipinski definition) is 4. The molecule has 0 rings (SSSR count). The number of rotatable bonds is 8. The smallest absolute Gasteiger partial charge is 0.217 e. The Labute approximate surface area is 108 Å².